The summed E-state index contributed by atoms with van der Waals surface area (Å²) in [5, 5.41) is 15.1. The van der Waals surface area contributed by atoms with Crippen LogP contribution in [0.5, 0.6) is 0 Å². The molecule has 8 nitrogen and oxygen atoms in total. The molecule has 1 aliphatic rings. The molecule has 19 heavy (non-hydrogen) atoms. The average Bonchev–Trinajstić information content (AvgIpc) is 2.76. The van der Waals surface area contributed by atoms with E-state index in [2.05, 4.69) is 10.4 Å². The minimum absolute atomic E-state index is 0.251. The van der Waals surface area contributed by atoms with Gasteiger partial charge in [-0.2, -0.15) is 5.10 Å². The Hall–Kier alpha value is -1.90. The van der Waals surface area contributed by atoms with Gasteiger partial charge in [-0.25, -0.2) is 4.79 Å². The van der Waals surface area contributed by atoms with Crippen LogP contribution in [-0.2, 0) is 22.1 Å². The van der Waals surface area contributed by atoms with Crippen LogP contribution in [0.4, 0.5) is 10.5 Å². The molecule has 9 heteroatoms. The number of aromatic nitrogens is 2. The van der Waals surface area contributed by atoms with Gasteiger partial charge in [-0.1, -0.05) is 0 Å². The summed E-state index contributed by atoms with van der Waals surface area (Å²) >= 11 is 0. The van der Waals surface area contributed by atoms with Crippen LogP contribution in [0.2, 0.25) is 0 Å². The molecule has 1 aromatic rings. The average molecular weight is 286 g/mol. The van der Waals surface area contributed by atoms with Crippen molar-refractivity contribution in [2.75, 3.05) is 29.9 Å². The summed E-state index contributed by atoms with van der Waals surface area (Å²) in [7, 11) is -0.830. The highest BCUT2D eigenvalue weighted by Crippen LogP contribution is 2.08. The molecule has 2 N–H and O–H groups in total. The molecule has 0 saturated carbocycles. The molecule has 0 aromatic carbocycles. The first-order chi connectivity index (χ1) is 9.04. The fraction of sp³-hybridized carbons (Fsp3) is 0.500. The normalized spacial score (nSPS) is 16.3. The molecule has 0 radical (unpaired) electrons. The standard InChI is InChI=1S/C10H14N4O4S/c15-9(16)7-14-6-8(5-11-14)12-10(17)13-1-3-19(18)4-2-13/h5-6H,1-4,7H2,(H,12,17)(H,15,16). The monoisotopic (exact) mass is 286 g/mol. The summed E-state index contributed by atoms with van der Waals surface area (Å²) in [5.41, 5.74) is 0.443. The highest BCUT2D eigenvalue weighted by Gasteiger charge is 2.20. The first-order valence-electron chi connectivity index (χ1n) is 5.70. The highest BCUT2D eigenvalue weighted by atomic mass is 32.2. The lowest BCUT2D eigenvalue weighted by Crippen LogP contribution is -2.43. The minimum atomic E-state index is -1.00. The molecule has 104 valence electrons. The summed E-state index contributed by atoms with van der Waals surface area (Å²) in [6, 6.07) is -0.286. The van der Waals surface area contributed by atoms with E-state index in [4.69, 9.17) is 5.11 Å². The maximum atomic E-state index is 11.9. The van der Waals surface area contributed by atoms with Crippen LogP contribution in [0.15, 0.2) is 12.4 Å². The number of urea groups is 1. The lowest BCUT2D eigenvalue weighted by molar-refractivity contribution is -0.137. The number of amides is 2. The molecule has 0 bridgehead atoms. The molecule has 1 saturated heterocycles. The summed E-state index contributed by atoms with van der Waals surface area (Å²) in [4.78, 5) is 23.9. The Balaban J connectivity index is 1.89. The van der Waals surface area contributed by atoms with Gasteiger partial charge in [0.15, 0.2) is 0 Å². The van der Waals surface area contributed by atoms with E-state index < -0.39 is 16.8 Å². The zero-order valence-electron chi connectivity index (χ0n) is 10.1. The van der Waals surface area contributed by atoms with Gasteiger partial charge >= 0.3 is 12.0 Å². The zero-order valence-corrected chi connectivity index (χ0v) is 10.9. The Kier molecular flexibility index (Phi) is 4.15. The Morgan fingerprint density at radius 3 is 2.74 bits per heavy atom. The van der Waals surface area contributed by atoms with Gasteiger partial charge in [-0.05, 0) is 0 Å². The fourth-order valence-corrected chi connectivity index (χ4v) is 2.75. The number of hydrogen-bond donors (Lipinski definition) is 2. The first-order valence-corrected chi connectivity index (χ1v) is 7.18. The van der Waals surface area contributed by atoms with E-state index in [1.165, 1.54) is 17.1 Å². The van der Waals surface area contributed by atoms with Crippen molar-refractivity contribution in [2.24, 2.45) is 0 Å². The zero-order chi connectivity index (χ0) is 13.8. The number of carboxylic acids is 1. The van der Waals surface area contributed by atoms with Crippen LogP contribution in [0, 0.1) is 0 Å². The number of aliphatic carboxylic acids is 1. The first kappa shape index (κ1) is 13.5. The lowest BCUT2D eigenvalue weighted by atomic mass is 10.5. The number of rotatable bonds is 3. The molecule has 0 aliphatic carbocycles. The molecule has 0 unspecified atom stereocenters. The summed E-state index contributed by atoms with van der Waals surface area (Å²) in [6.45, 7) is 0.669. The molecule has 0 atom stereocenters. The van der Waals surface area contributed by atoms with Gasteiger partial charge in [0.2, 0.25) is 0 Å². The van der Waals surface area contributed by atoms with Crippen molar-refractivity contribution < 1.29 is 18.9 Å². The number of carbonyl (C=O) groups excluding carboxylic acids is 1. The third-order valence-corrected chi connectivity index (χ3v) is 3.92. The second kappa shape index (κ2) is 5.83. The van der Waals surface area contributed by atoms with E-state index >= 15 is 0 Å². The van der Waals surface area contributed by atoms with Crippen LogP contribution < -0.4 is 5.32 Å². The van der Waals surface area contributed by atoms with E-state index in [1.807, 2.05) is 0 Å². The molecule has 1 fully saturated rings. The maximum Gasteiger partial charge on any atom is 0.325 e. The number of carboxylic acid groups (broad SMARTS) is 1. The third-order valence-electron chi connectivity index (χ3n) is 2.65. The minimum Gasteiger partial charge on any atom is -0.480 e. The fourth-order valence-electron chi connectivity index (χ4n) is 1.70. The number of anilines is 1. The molecular formula is C10H14N4O4S. The van der Waals surface area contributed by atoms with E-state index in [-0.39, 0.29) is 12.6 Å². The van der Waals surface area contributed by atoms with Gasteiger partial charge in [0, 0.05) is 41.6 Å². The summed E-state index contributed by atoms with van der Waals surface area (Å²) in [6.07, 6.45) is 2.84. The van der Waals surface area contributed by atoms with Crippen molar-refractivity contribution in [1.82, 2.24) is 14.7 Å². The maximum absolute atomic E-state index is 11.9. The van der Waals surface area contributed by atoms with Gasteiger partial charge in [0.1, 0.15) is 6.54 Å². The lowest BCUT2D eigenvalue weighted by Gasteiger charge is -2.26. The van der Waals surface area contributed by atoms with Gasteiger partial charge in [0.25, 0.3) is 0 Å². The van der Waals surface area contributed by atoms with Crippen LogP contribution in [0.25, 0.3) is 0 Å². The Bertz CT molecular complexity index is 505. The van der Waals surface area contributed by atoms with Gasteiger partial charge < -0.3 is 15.3 Å². The number of nitrogens with zero attached hydrogens (tertiary/aromatic N) is 3. The van der Waals surface area contributed by atoms with E-state index in [0.29, 0.717) is 30.3 Å². The van der Waals surface area contributed by atoms with Crippen LogP contribution >= 0.6 is 0 Å². The molecule has 0 spiro atoms. The van der Waals surface area contributed by atoms with Crippen molar-refractivity contribution in [2.45, 2.75) is 6.54 Å². The van der Waals surface area contributed by atoms with Gasteiger partial charge in [0.05, 0.1) is 11.9 Å². The van der Waals surface area contributed by atoms with E-state index in [0.717, 1.165) is 0 Å². The summed E-state index contributed by atoms with van der Waals surface area (Å²) < 4.78 is 12.4. The molecule has 2 amide bonds. The Morgan fingerprint density at radius 2 is 2.11 bits per heavy atom. The molecule has 1 aromatic heterocycles. The third kappa shape index (κ3) is 3.78. The molecule has 2 rings (SSSR count). The van der Waals surface area contributed by atoms with Crippen molar-refractivity contribution in [3.05, 3.63) is 12.4 Å². The van der Waals surface area contributed by atoms with Crippen molar-refractivity contribution in [3.63, 3.8) is 0 Å². The number of nitrogens with one attached hydrogen (secondary N) is 1. The van der Waals surface area contributed by atoms with E-state index in [9.17, 15) is 13.8 Å². The quantitative estimate of drug-likeness (QED) is 0.784. The van der Waals surface area contributed by atoms with Gasteiger partial charge in [-0.15, -0.1) is 0 Å². The predicted octanol–water partition coefficient (Wildman–Crippen LogP) is -0.436. The van der Waals surface area contributed by atoms with Crippen molar-refractivity contribution in [1.29, 1.82) is 0 Å². The van der Waals surface area contributed by atoms with Crippen LogP contribution in [0.3, 0.4) is 0 Å². The number of hydrogen-bond acceptors (Lipinski definition) is 4. The predicted molar refractivity (Wildman–Crippen MR) is 68.3 cm³/mol. The topological polar surface area (TPSA) is 105 Å². The molecular weight excluding hydrogens is 272 g/mol. The molecule has 1 aliphatic heterocycles. The van der Waals surface area contributed by atoms with Gasteiger partial charge in [-0.3, -0.25) is 13.7 Å². The Labute approximate surface area is 111 Å². The second-order valence-corrected chi connectivity index (χ2v) is 5.78. The molecule has 2 heterocycles. The second-order valence-electron chi connectivity index (χ2n) is 4.09. The smallest absolute Gasteiger partial charge is 0.325 e. The van der Waals surface area contributed by atoms with Crippen LogP contribution in [0.1, 0.15) is 0 Å². The van der Waals surface area contributed by atoms with Crippen molar-refractivity contribution >= 4 is 28.5 Å². The number of carbonyl (C=O) groups is 2. The summed E-state index contributed by atoms with van der Waals surface area (Å²) in [5.74, 6) is -0.0170. The van der Waals surface area contributed by atoms with E-state index in [1.54, 1.807) is 4.90 Å². The SMILES string of the molecule is O=C(O)Cn1cc(NC(=O)N2CCS(=O)CC2)cn1. The van der Waals surface area contributed by atoms with Crippen molar-refractivity contribution in [3.8, 4) is 0 Å². The highest BCUT2D eigenvalue weighted by molar-refractivity contribution is 7.85. The largest absolute Gasteiger partial charge is 0.480 e. The Morgan fingerprint density at radius 1 is 1.42 bits per heavy atom. The van der Waals surface area contributed by atoms with Crippen LogP contribution in [-0.4, -0.2) is 60.6 Å².